The number of carbonyl (C=O) groups excluding carboxylic acids is 1. The Balaban J connectivity index is 1.15. The Morgan fingerprint density at radius 1 is 1.23 bits per heavy atom. The van der Waals surface area contributed by atoms with Gasteiger partial charge in [0.1, 0.15) is 17.5 Å². The van der Waals surface area contributed by atoms with Gasteiger partial charge in [0.15, 0.2) is 0 Å². The first kappa shape index (κ1) is 19.1. The van der Waals surface area contributed by atoms with Crippen molar-refractivity contribution in [2.45, 2.75) is 57.3 Å². The number of rotatable bonds is 3. The van der Waals surface area contributed by atoms with Crippen LogP contribution in [0.1, 0.15) is 39.5 Å². The lowest BCUT2D eigenvalue weighted by atomic mass is 9.53. The van der Waals surface area contributed by atoms with Gasteiger partial charge in [-0.1, -0.05) is 26.3 Å². The Morgan fingerprint density at radius 3 is 2.83 bits per heavy atom. The molecule has 0 N–H and O–H groups in total. The van der Waals surface area contributed by atoms with E-state index in [1.54, 1.807) is 0 Å². The molecule has 0 amide bonds. The fraction of sp³-hybridized carbons (Fsp3) is 0.750. The molecule has 4 heterocycles. The summed E-state index contributed by atoms with van der Waals surface area (Å²) in [6.07, 6.45) is 6.81. The summed E-state index contributed by atoms with van der Waals surface area (Å²) in [5, 5.41) is 0. The molecule has 6 heteroatoms. The number of epoxide rings is 1. The summed E-state index contributed by atoms with van der Waals surface area (Å²) in [5.74, 6) is 1.83. The maximum Gasteiger partial charge on any atom is 0.311 e. The van der Waals surface area contributed by atoms with Crippen molar-refractivity contribution in [1.29, 1.82) is 0 Å². The summed E-state index contributed by atoms with van der Waals surface area (Å²) in [7, 11) is 0. The second-order valence-electron chi connectivity index (χ2n) is 10.5. The molecular formula is C24H33N3O3. The van der Waals surface area contributed by atoms with Crippen molar-refractivity contribution in [1.82, 2.24) is 9.88 Å². The summed E-state index contributed by atoms with van der Waals surface area (Å²) in [6.45, 7) is 9.37. The molecule has 6 rings (SSSR count). The van der Waals surface area contributed by atoms with Gasteiger partial charge in [-0.3, -0.25) is 9.69 Å². The molecular weight excluding hydrogens is 378 g/mol. The lowest BCUT2D eigenvalue weighted by Crippen LogP contribution is -2.55. The van der Waals surface area contributed by atoms with E-state index in [-0.39, 0.29) is 41.0 Å². The van der Waals surface area contributed by atoms with Crippen LogP contribution in [0.4, 0.5) is 5.82 Å². The Kier molecular flexibility index (Phi) is 4.24. The zero-order valence-corrected chi connectivity index (χ0v) is 18.1. The lowest BCUT2D eigenvalue weighted by molar-refractivity contribution is -0.146. The van der Waals surface area contributed by atoms with Crippen molar-refractivity contribution >= 4 is 11.8 Å². The summed E-state index contributed by atoms with van der Waals surface area (Å²) < 4.78 is 12.6. The van der Waals surface area contributed by atoms with Crippen LogP contribution in [-0.2, 0) is 14.3 Å². The highest BCUT2D eigenvalue weighted by atomic mass is 16.6. The fourth-order valence-electron chi connectivity index (χ4n) is 7.42. The molecule has 0 radical (unpaired) electrons. The third kappa shape index (κ3) is 2.62. The molecule has 162 valence electrons. The molecule has 30 heavy (non-hydrogen) atoms. The molecule has 0 aromatic carbocycles. The molecule has 0 bridgehead atoms. The normalized spacial score (nSPS) is 45.3. The van der Waals surface area contributed by atoms with Crippen molar-refractivity contribution in [2.75, 3.05) is 37.6 Å². The molecule has 6 nitrogen and oxygen atoms in total. The van der Waals surface area contributed by atoms with Crippen LogP contribution in [0.2, 0.25) is 0 Å². The summed E-state index contributed by atoms with van der Waals surface area (Å²) in [6, 6.07) is 6.07. The Hall–Kier alpha value is -1.66. The standard InChI is InChI=1S/C24H33N3O3/c1-16-6-5-8-23(2)14-18-20(21-24(16,23)30-21)17(22(28)29-18)15-26-10-12-27(13-11-26)19-7-3-4-9-25-19/h3-4,7,9,16-18,20-21H,5-6,8,10-15H2,1-2H3/t16-,17+,18+,20+,21-,23+,24-/m0/s1. The van der Waals surface area contributed by atoms with Gasteiger partial charge in [0.2, 0.25) is 0 Å². The van der Waals surface area contributed by atoms with Gasteiger partial charge in [-0.2, -0.15) is 0 Å². The second kappa shape index (κ2) is 6.67. The van der Waals surface area contributed by atoms with Gasteiger partial charge >= 0.3 is 5.97 Å². The molecule has 5 fully saturated rings. The molecule has 2 saturated carbocycles. The second-order valence-corrected chi connectivity index (χ2v) is 10.5. The van der Waals surface area contributed by atoms with Gasteiger partial charge in [-0.25, -0.2) is 4.98 Å². The first-order valence-electron chi connectivity index (χ1n) is 11.8. The molecule has 1 aromatic rings. The number of hydrogen-bond acceptors (Lipinski definition) is 6. The van der Waals surface area contributed by atoms with E-state index in [0.717, 1.165) is 45.0 Å². The number of anilines is 1. The first-order valence-corrected chi connectivity index (χ1v) is 11.8. The fourth-order valence-corrected chi connectivity index (χ4v) is 7.42. The van der Waals surface area contributed by atoms with Crippen LogP contribution >= 0.6 is 0 Å². The molecule has 0 unspecified atom stereocenters. The van der Waals surface area contributed by atoms with Crippen molar-refractivity contribution < 1.29 is 14.3 Å². The van der Waals surface area contributed by atoms with Gasteiger partial charge in [-0.15, -0.1) is 0 Å². The lowest BCUT2D eigenvalue weighted by Gasteiger charge is -2.49. The predicted molar refractivity (Wildman–Crippen MR) is 113 cm³/mol. The minimum Gasteiger partial charge on any atom is -0.462 e. The van der Waals surface area contributed by atoms with E-state index >= 15 is 0 Å². The Morgan fingerprint density at radius 2 is 2.07 bits per heavy atom. The van der Waals surface area contributed by atoms with Crippen LogP contribution in [0.5, 0.6) is 0 Å². The number of esters is 1. The maximum absolute atomic E-state index is 12.9. The highest BCUT2D eigenvalue weighted by molar-refractivity contribution is 5.76. The van der Waals surface area contributed by atoms with Crippen molar-refractivity contribution in [2.24, 2.45) is 23.2 Å². The van der Waals surface area contributed by atoms with Crippen molar-refractivity contribution in [3.8, 4) is 0 Å². The van der Waals surface area contributed by atoms with Crippen LogP contribution in [-0.4, -0.2) is 66.4 Å². The number of hydrogen-bond donors (Lipinski definition) is 0. The zero-order chi connectivity index (χ0) is 20.5. The maximum atomic E-state index is 12.9. The molecule has 3 aliphatic heterocycles. The number of aromatic nitrogens is 1. The number of carbonyl (C=O) groups is 1. The SMILES string of the molecule is C[C@H]1CCC[C@]2(C)C[C@H]3OC(=O)[C@H](CN4CCN(c5ccccn5)CC4)[C@H]3[C@@H]3O[C@@]132. The van der Waals surface area contributed by atoms with E-state index in [1.807, 2.05) is 18.3 Å². The Bertz CT molecular complexity index is 826. The number of ether oxygens (including phenoxy) is 2. The average molecular weight is 412 g/mol. The smallest absolute Gasteiger partial charge is 0.311 e. The van der Waals surface area contributed by atoms with E-state index in [4.69, 9.17) is 9.47 Å². The monoisotopic (exact) mass is 411 g/mol. The zero-order valence-electron chi connectivity index (χ0n) is 18.1. The van der Waals surface area contributed by atoms with Crippen LogP contribution < -0.4 is 4.90 Å². The molecule has 7 atom stereocenters. The summed E-state index contributed by atoms with van der Waals surface area (Å²) in [4.78, 5) is 22.2. The van der Waals surface area contributed by atoms with E-state index in [9.17, 15) is 4.79 Å². The van der Waals surface area contributed by atoms with Crippen LogP contribution in [0.25, 0.3) is 0 Å². The third-order valence-electron chi connectivity index (χ3n) is 8.99. The molecule has 2 aliphatic carbocycles. The number of fused-ring (bicyclic) bond motifs is 2. The van der Waals surface area contributed by atoms with Crippen molar-refractivity contribution in [3.63, 3.8) is 0 Å². The summed E-state index contributed by atoms with van der Waals surface area (Å²) >= 11 is 0. The van der Waals surface area contributed by atoms with Crippen molar-refractivity contribution in [3.05, 3.63) is 24.4 Å². The minimum absolute atomic E-state index is 0.00365. The quantitative estimate of drug-likeness (QED) is 0.563. The number of pyridine rings is 1. The predicted octanol–water partition coefficient (Wildman–Crippen LogP) is 2.73. The van der Waals surface area contributed by atoms with Crippen LogP contribution in [0, 0.1) is 23.2 Å². The molecule has 3 saturated heterocycles. The van der Waals surface area contributed by atoms with Gasteiger partial charge in [0.05, 0.1) is 12.0 Å². The first-order chi connectivity index (χ1) is 14.5. The van der Waals surface area contributed by atoms with E-state index in [1.165, 1.54) is 19.3 Å². The Labute approximate surface area is 178 Å². The van der Waals surface area contributed by atoms with E-state index in [2.05, 4.69) is 34.7 Å². The largest absolute Gasteiger partial charge is 0.462 e. The minimum atomic E-state index is -0.0422. The number of nitrogens with zero attached hydrogens (tertiary/aromatic N) is 3. The van der Waals surface area contributed by atoms with Crippen LogP contribution in [0.15, 0.2) is 24.4 Å². The molecule has 1 aromatic heterocycles. The van der Waals surface area contributed by atoms with Gasteiger partial charge in [0.25, 0.3) is 0 Å². The molecule has 1 spiro atoms. The van der Waals surface area contributed by atoms with E-state index < -0.39 is 0 Å². The summed E-state index contributed by atoms with van der Waals surface area (Å²) in [5.41, 5.74) is 0.163. The third-order valence-corrected chi connectivity index (χ3v) is 8.99. The topological polar surface area (TPSA) is 58.2 Å². The van der Waals surface area contributed by atoms with Gasteiger partial charge < -0.3 is 14.4 Å². The van der Waals surface area contributed by atoms with Crippen LogP contribution in [0.3, 0.4) is 0 Å². The number of piperazine rings is 1. The average Bonchev–Trinajstić information content (AvgIpc) is 3.44. The van der Waals surface area contributed by atoms with Gasteiger partial charge in [0, 0.05) is 50.3 Å². The van der Waals surface area contributed by atoms with E-state index in [0.29, 0.717) is 5.92 Å². The highest BCUT2D eigenvalue weighted by Gasteiger charge is 2.78. The van der Waals surface area contributed by atoms with Gasteiger partial charge in [-0.05, 0) is 37.3 Å². The molecule has 5 aliphatic rings. The highest BCUT2D eigenvalue weighted by Crippen LogP contribution is 2.70.